The van der Waals surface area contributed by atoms with Crippen LogP contribution in [0.1, 0.15) is 52.5 Å². The zero-order valence-electron chi connectivity index (χ0n) is 13.7. The predicted octanol–water partition coefficient (Wildman–Crippen LogP) is 4.54. The molecule has 1 N–H and O–H groups in total. The van der Waals surface area contributed by atoms with E-state index in [1.54, 1.807) is 23.5 Å². The van der Waals surface area contributed by atoms with Crippen molar-refractivity contribution in [1.82, 2.24) is 0 Å². The third-order valence-electron chi connectivity index (χ3n) is 4.08. The van der Waals surface area contributed by atoms with Gasteiger partial charge in [0.15, 0.2) is 0 Å². The topological polar surface area (TPSA) is 62.1 Å². The van der Waals surface area contributed by atoms with Gasteiger partial charge in [-0.3, -0.25) is 4.79 Å². The summed E-state index contributed by atoms with van der Waals surface area (Å²) in [4.78, 5) is 13.8. The maximum absolute atomic E-state index is 12.6. The second-order valence-corrected chi connectivity index (χ2v) is 6.96. The van der Waals surface area contributed by atoms with Crippen LogP contribution in [0.4, 0.5) is 5.00 Å². The zero-order valence-corrected chi connectivity index (χ0v) is 14.5. The molecule has 1 aliphatic rings. The van der Waals surface area contributed by atoms with E-state index >= 15 is 0 Å². The number of hydrogen-bond donors (Lipinski definition) is 1. The van der Waals surface area contributed by atoms with Crippen molar-refractivity contribution in [3.05, 3.63) is 45.8 Å². The predicted molar refractivity (Wildman–Crippen MR) is 95.9 cm³/mol. The Morgan fingerprint density at radius 1 is 1.38 bits per heavy atom. The summed E-state index contributed by atoms with van der Waals surface area (Å²) in [7, 11) is 0. The van der Waals surface area contributed by atoms with Gasteiger partial charge in [0.25, 0.3) is 5.91 Å². The number of hydrogen-bond acceptors (Lipinski definition) is 4. The van der Waals surface area contributed by atoms with Crippen LogP contribution in [0, 0.1) is 11.3 Å². The molecule has 1 aliphatic carbocycles. The molecule has 0 unspecified atom stereocenters. The van der Waals surface area contributed by atoms with Crippen LogP contribution in [0.5, 0.6) is 5.75 Å². The minimum atomic E-state index is -0.202. The average Bonchev–Trinajstić information content (AvgIpc) is 2.97. The van der Waals surface area contributed by atoms with Crippen LogP contribution in [-0.2, 0) is 12.8 Å². The standard InChI is InChI=1S/C19H20N2O2S/c1-2-10-23-14-7-5-6-13(11-14)18(22)21-19-16(12-20)15-8-3-4-9-17(15)24-19/h5-7,11H,2-4,8-10H2,1H3,(H,21,22). The van der Waals surface area contributed by atoms with Crippen LogP contribution in [0.25, 0.3) is 0 Å². The molecule has 0 spiro atoms. The minimum absolute atomic E-state index is 0.202. The fourth-order valence-electron chi connectivity index (χ4n) is 2.89. The van der Waals surface area contributed by atoms with Crippen LogP contribution < -0.4 is 10.1 Å². The third-order valence-corrected chi connectivity index (χ3v) is 5.29. The van der Waals surface area contributed by atoms with Crippen molar-refractivity contribution in [1.29, 1.82) is 5.26 Å². The van der Waals surface area contributed by atoms with Crippen LogP contribution in [0.3, 0.4) is 0 Å². The first-order chi connectivity index (χ1) is 11.7. The summed E-state index contributed by atoms with van der Waals surface area (Å²) in [5.41, 5.74) is 2.31. The molecule has 124 valence electrons. The number of thiophene rings is 1. The Kier molecular flexibility index (Phi) is 5.17. The quantitative estimate of drug-likeness (QED) is 0.869. The van der Waals surface area contributed by atoms with Crippen molar-refractivity contribution in [2.75, 3.05) is 11.9 Å². The molecule has 1 heterocycles. The van der Waals surface area contributed by atoms with Crippen LogP contribution in [-0.4, -0.2) is 12.5 Å². The molecule has 2 aromatic rings. The highest BCUT2D eigenvalue weighted by atomic mass is 32.1. The Labute approximate surface area is 146 Å². The smallest absolute Gasteiger partial charge is 0.256 e. The number of nitrogens with one attached hydrogen (secondary N) is 1. The van der Waals surface area contributed by atoms with Gasteiger partial charge in [0.2, 0.25) is 0 Å². The van der Waals surface area contributed by atoms with Gasteiger partial charge in [0.05, 0.1) is 12.2 Å². The molecule has 0 saturated carbocycles. The van der Waals surface area contributed by atoms with E-state index in [-0.39, 0.29) is 5.91 Å². The van der Waals surface area contributed by atoms with Crippen LogP contribution in [0.2, 0.25) is 0 Å². The first kappa shape index (κ1) is 16.5. The molecule has 0 bridgehead atoms. The van der Waals surface area contributed by atoms with E-state index in [0.29, 0.717) is 28.5 Å². The maximum Gasteiger partial charge on any atom is 0.256 e. The number of fused-ring (bicyclic) bond motifs is 1. The van der Waals surface area contributed by atoms with Crippen molar-refractivity contribution >= 4 is 22.2 Å². The summed E-state index contributed by atoms with van der Waals surface area (Å²) in [5, 5.41) is 13.1. The molecule has 0 aliphatic heterocycles. The SMILES string of the molecule is CCCOc1cccc(C(=O)Nc2sc3c(c2C#N)CCCC3)c1. The fourth-order valence-corrected chi connectivity index (χ4v) is 4.13. The summed E-state index contributed by atoms with van der Waals surface area (Å²) in [6, 6.07) is 9.42. The molecule has 0 atom stereocenters. The number of nitriles is 1. The molecule has 0 saturated heterocycles. The lowest BCUT2D eigenvalue weighted by molar-refractivity contribution is 0.102. The van der Waals surface area contributed by atoms with Gasteiger partial charge in [-0.05, 0) is 55.9 Å². The van der Waals surface area contributed by atoms with Crippen molar-refractivity contribution in [3.63, 3.8) is 0 Å². The summed E-state index contributed by atoms with van der Waals surface area (Å²) in [6.07, 6.45) is 5.13. The molecule has 1 aromatic heterocycles. The molecular weight excluding hydrogens is 320 g/mol. The van der Waals surface area contributed by atoms with Gasteiger partial charge < -0.3 is 10.1 Å². The van der Waals surface area contributed by atoms with Crippen LogP contribution in [0.15, 0.2) is 24.3 Å². The third kappa shape index (κ3) is 3.44. The summed E-state index contributed by atoms with van der Waals surface area (Å²) in [5.74, 6) is 0.488. The molecule has 4 nitrogen and oxygen atoms in total. The van der Waals surface area contributed by atoms with Crippen molar-refractivity contribution < 1.29 is 9.53 Å². The minimum Gasteiger partial charge on any atom is -0.494 e. The number of benzene rings is 1. The number of nitrogens with zero attached hydrogens (tertiary/aromatic N) is 1. The van der Waals surface area contributed by atoms with E-state index < -0.39 is 0 Å². The van der Waals surface area contributed by atoms with Gasteiger partial charge in [-0.25, -0.2) is 0 Å². The molecule has 0 fully saturated rings. The highest BCUT2D eigenvalue weighted by molar-refractivity contribution is 7.16. The first-order valence-electron chi connectivity index (χ1n) is 8.31. The number of amides is 1. The Morgan fingerprint density at radius 2 is 2.21 bits per heavy atom. The van der Waals surface area contributed by atoms with E-state index in [1.807, 2.05) is 19.1 Å². The van der Waals surface area contributed by atoms with E-state index in [2.05, 4.69) is 11.4 Å². The second kappa shape index (κ2) is 7.50. The van der Waals surface area contributed by atoms with Crippen LogP contribution >= 0.6 is 11.3 Å². The highest BCUT2D eigenvalue weighted by Crippen LogP contribution is 2.37. The van der Waals surface area contributed by atoms with E-state index in [4.69, 9.17) is 4.74 Å². The van der Waals surface area contributed by atoms with Gasteiger partial charge in [-0.2, -0.15) is 5.26 Å². The zero-order chi connectivity index (χ0) is 16.9. The average molecular weight is 340 g/mol. The fraction of sp³-hybridized carbons (Fsp3) is 0.368. The van der Waals surface area contributed by atoms with Gasteiger partial charge in [0.1, 0.15) is 16.8 Å². The largest absolute Gasteiger partial charge is 0.494 e. The lowest BCUT2D eigenvalue weighted by atomic mass is 9.96. The van der Waals surface area contributed by atoms with Crippen molar-refractivity contribution in [2.24, 2.45) is 0 Å². The Hall–Kier alpha value is -2.32. The number of aryl methyl sites for hydroxylation is 1. The molecule has 1 aromatic carbocycles. The van der Waals surface area contributed by atoms with E-state index in [1.165, 1.54) is 4.88 Å². The number of carbonyl (C=O) groups is 1. The molecule has 24 heavy (non-hydrogen) atoms. The van der Waals surface area contributed by atoms with Crippen molar-refractivity contribution in [2.45, 2.75) is 39.0 Å². The van der Waals surface area contributed by atoms with Crippen molar-refractivity contribution in [3.8, 4) is 11.8 Å². The lowest BCUT2D eigenvalue weighted by Gasteiger charge is -2.09. The van der Waals surface area contributed by atoms with E-state index in [9.17, 15) is 10.1 Å². The number of ether oxygens (including phenoxy) is 1. The van der Waals surface area contributed by atoms with Gasteiger partial charge in [-0.15, -0.1) is 11.3 Å². The van der Waals surface area contributed by atoms with Gasteiger partial charge in [-0.1, -0.05) is 13.0 Å². The lowest BCUT2D eigenvalue weighted by Crippen LogP contribution is -2.12. The Morgan fingerprint density at radius 3 is 3.00 bits per heavy atom. The summed E-state index contributed by atoms with van der Waals surface area (Å²) >= 11 is 1.54. The molecule has 0 radical (unpaired) electrons. The monoisotopic (exact) mass is 340 g/mol. The summed E-state index contributed by atoms with van der Waals surface area (Å²) < 4.78 is 5.58. The number of rotatable bonds is 5. The Balaban J connectivity index is 1.80. The van der Waals surface area contributed by atoms with E-state index in [0.717, 1.165) is 37.7 Å². The molecule has 1 amide bonds. The first-order valence-corrected chi connectivity index (χ1v) is 9.13. The van der Waals surface area contributed by atoms with Gasteiger partial charge >= 0.3 is 0 Å². The van der Waals surface area contributed by atoms with Gasteiger partial charge in [0, 0.05) is 10.4 Å². The highest BCUT2D eigenvalue weighted by Gasteiger charge is 2.22. The Bertz CT molecular complexity index is 789. The molecule has 3 rings (SSSR count). The second-order valence-electron chi connectivity index (χ2n) is 5.86. The number of carbonyl (C=O) groups excluding carboxylic acids is 1. The molecular formula is C19H20N2O2S. The molecule has 5 heteroatoms. The summed E-state index contributed by atoms with van der Waals surface area (Å²) in [6.45, 7) is 2.67. The normalized spacial score (nSPS) is 13.0. The maximum atomic E-state index is 12.6. The number of anilines is 1.